The normalized spacial score (nSPS) is 13.3. The van der Waals surface area contributed by atoms with Crippen molar-refractivity contribution in [2.45, 2.75) is 38.8 Å². The van der Waals surface area contributed by atoms with E-state index in [0.717, 1.165) is 15.6 Å². The van der Waals surface area contributed by atoms with Gasteiger partial charge in [0.05, 0.1) is 6.54 Å². The van der Waals surface area contributed by atoms with Gasteiger partial charge in [-0.25, -0.2) is 0 Å². The predicted octanol–water partition coefficient (Wildman–Crippen LogP) is 2.57. The van der Waals surface area contributed by atoms with Crippen LogP contribution in [0.25, 0.3) is 0 Å². The molecule has 5 nitrogen and oxygen atoms in total. The van der Waals surface area contributed by atoms with Crippen LogP contribution in [0.5, 0.6) is 0 Å². The van der Waals surface area contributed by atoms with Crippen molar-refractivity contribution in [2.75, 3.05) is 0 Å². The summed E-state index contributed by atoms with van der Waals surface area (Å²) >= 11 is 1.51. The van der Waals surface area contributed by atoms with Gasteiger partial charge in [0.25, 0.3) is 0 Å². The molecule has 1 atom stereocenters. The van der Waals surface area contributed by atoms with Crippen LogP contribution in [0.15, 0.2) is 30.3 Å². The van der Waals surface area contributed by atoms with Crippen LogP contribution >= 0.6 is 23.7 Å². The number of benzene rings is 1. The summed E-state index contributed by atoms with van der Waals surface area (Å²) in [6.07, 6.45) is 0. The molecule has 1 heterocycles. The number of aromatic nitrogens is 2. The number of nitrogens with one attached hydrogen (secondary N) is 1. The lowest BCUT2D eigenvalue weighted by Crippen LogP contribution is -2.48. The van der Waals surface area contributed by atoms with E-state index in [4.69, 9.17) is 5.73 Å². The molecule has 0 radical (unpaired) electrons. The summed E-state index contributed by atoms with van der Waals surface area (Å²) in [5, 5.41) is 12.8. The monoisotopic (exact) mass is 340 g/mol. The zero-order chi connectivity index (χ0) is 15.5. The van der Waals surface area contributed by atoms with Gasteiger partial charge in [0, 0.05) is 5.92 Å². The zero-order valence-electron chi connectivity index (χ0n) is 12.9. The maximum absolute atomic E-state index is 12.3. The highest BCUT2D eigenvalue weighted by Gasteiger charge is 2.30. The lowest BCUT2D eigenvalue weighted by Gasteiger charge is -2.23. The smallest absolute Gasteiger partial charge is 0.244 e. The Hall–Kier alpha value is -1.50. The van der Waals surface area contributed by atoms with Crippen LogP contribution in [0.3, 0.4) is 0 Å². The Morgan fingerprint density at radius 3 is 2.50 bits per heavy atom. The Bertz CT molecular complexity index is 613. The first-order chi connectivity index (χ1) is 9.91. The van der Waals surface area contributed by atoms with Gasteiger partial charge in [0.2, 0.25) is 5.91 Å². The first-order valence-corrected chi connectivity index (χ1v) is 7.68. The van der Waals surface area contributed by atoms with Crippen molar-refractivity contribution in [1.82, 2.24) is 15.5 Å². The summed E-state index contributed by atoms with van der Waals surface area (Å²) in [6.45, 7) is 6.19. The van der Waals surface area contributed by atoms with Crippen molar-refractivity contribution < 1.29 is 4.79 Å². The molecule has 0 saturated carbocycles. The van der Waals surface area contributed by atoms with Gasteiger partial charge in [-0.2, -0.15) is 0 Å². The minimum Gasteiger partial charge on any atom is -0.348 e. The van der Waals surface area contributed by atoms with E-state index >= 15 is 0 Å². The Morgan fingerprint density at radius 1 is 1.32 bits per heavy atom. The summed E-state index contributed by atoms with van der Waals surface area (Å²) in [5.41, 5.74) is 5.87. The number of amides is 1. The lowest BCUT2D eigenvalue weighted by atomic mass is 9.92. The molecule has 3 N–H and O–H groups in total. The van der Waals surface area contributed by atoms with E-state index in [1.807, 2.05) is 30.3 Å². The third-order valence-corrected chi connectivity index (χ3v) is 4.45. The molecular weight excluding hydrogens is 320 g/mol. The van der Waals surface area contributed by atoms with E-state index in [9.17, 15) is 4.79 Å². The van der Waals surface area contributed by atoms with Crippen LogP contribution in [0.1, 0.15) is 42.3 Å². The maximum Gasteiger partial charge on any atom is 0.244 e. The molecule has 0 saturated heterocycles. The molecule has 0 aliphatic carbocycles. The van der Waals surface area contributed by atoms with Crippen molar-refractivity contribution in [2.24, 2.45) is 5.73 Å². The summed E-state index contributed by atoms with van der Waals surface area (Å²) in [4.78, 5) is 12.3. The minimum absolute atomic E-state index is 0. The first kappa shape index (κ1) is 18.5. The molecule has 1 aromatic carbocycles. The zero-order valence-corrected chi connectivity index (χ0v) is 14.5. The molecule has 0 aliphatic rings. The van der Waals surface area contributed by atoms with Crippen LogP contribution < -0.4 is 11.1 Å². The van der Waals surface area contributed by atoms with Crippen LogP contribution in [-0.4, -0.2) is 16.1 Å². The van der Waals surface area contributed by atoms with E-state index in [-0.39, 0.29) is 18.3 Å². The lowest BCUT2D eigenvalue weighted by molar-refractivity contribution is -0.126. The number of nitrogens with two attached hydrogens (primary N) is 1. The second kappa shape index (κ2) is 7.67. The molecule has 1 amide bonds. The minimum atomic E-state index is -1.06. The third kappa shape index (κ3) is 4.25. The highest BCUT2D eigenvalue weighted by Crippen LogP contribution is 2.20. The molecule has 1 aromatic heterocycles. The second-order valence-electron chi connectivity index (χ2n) is 5.44. The summed E-state index contributed by atoms with van der Waals surface area (Å²) in [7, 11) is 0. The molecule has 0 aliphatic heterocycles. The van der Waals surface area contributed by atoms with Gasteiger partial charge < -0.3 is 11.1 Å². The van der Waals surface area contributed by atoms with Crippen LogP contribution in [0.4, 0.5) is 0 Å². The highest BCUT2D eigenvalue weighted by molar-refractivity contribution is 7.11. The van der Waals surface area contributed by atoms with E-state index in [2.05, 4.69) is 29.4 Å². The van der Waals surface area contributed by atoms with E-state index in [0.29, 0.717) is 12.5 Å². The summed E-state index contributed by atoms with van der Waals surface area (Å²) < 4.78 is 0. The van der Waals surface area contributed by atoms with Gasteiger partial charge in [-0.1, -0.05) is 55.5 Å². The highest BCUT2D eigenvalue weighted by atomic mass is 35.5. The SMILES string of the molecule is CC(C)c1nnc(CNC(=O)C(C)(N)c2ccccc2)s1.Cl. The quantitative estimate of drug-likeness (QED) is 0.876. The van der Waals surface area contributed by atoms with Gasteiger partial charge in [-0.3, -0.25) is 4.79 Å². The van der Waals surface area contributed by atoms with Crippen molar-refractivity contribution >= 4 is 29.7 Å². The summed E-state index contributed by atoms with van der Waals surface area (Å²) in [6, 6.07) is 9.33. The number of nitrogens with zero attached hydrogens (tertiary/aromatic N) is 2. The van der Waals surface area contributed by atoms with Crippen LogP contribution in [-0.2, 0) is 16.9 Å². The maximum atomic E-state index is 12.3. The molecule has 1 unspecified atom stereocenters. The van der Waals surface area contributed by atoms with E-state index in [1.54, 1.807) is 6.92 Å². The van der Waals surface area contributed by atoms with Crippen molar-refractivity contribution in [3.63, 3.8) is 0 Å². The molecule has 0 fully saturated rings. The Balaban J connectivity index is 0.00000242. The van der Waals surface area contributed by atoms with Gasteiger partial charge >= 0.3 is 0 Å². The average Bonchev–Trinajstić information content (AvgIpc) is 2.94. The molecule has 0 spiro atoms. The molecule has 2 aromatic rings. The fraction of sp³-hybridized carbons (Fsp3) is 0.400. The fourth-order valence-corrected chi connectivity index (χ4v) is 2.61. The van der Waals surface area contributed by atoms with E-state index < -0.39 is 5.54 Å². The molecule has 120 valence electrons. The van der Waals surface area contributed by atoms with Gasteiger partial charge in [0.15, 0.2) is 0 Å². The Labute approximate surface area is 140 Å². The summed E-state index contributed by atoms with van der Waals surface area (Å²) in [5.74, 6) is 0.117. The number of carbonyl (C=O) groups excluding carboxylic acids is 1. The van der Waals surface area contributed by atoms with Crippen molar-refractivity contribution in [3.8, 4) is 0 Å². The van der Waals surface area contributed by atoms with Crippen molar-refractivity contribution in [3.05, 3.63) is 45.9 Å². The molecular formula is C15H21ClN4OS. The molecule has 7 heteroatoms. The first-order valence-electron chi connectivity index (χ1n) is 6.86. The number of hydrogen-bond acceptors (Lipinski definition) is 5. The number of carbonyl (C=O) groups is 1. The van der Waals surface area contributed by atoms with Crippen LogP contribution in [0.2, 0.25) is 0 Å². The number of hydrogen-bond donors (Lipinski definition) is 2. The standard InChI is InChI=1S/C15H20N4OS.ClH/c1-10(2)13-19-18-12(21-13)9-17-14(20)15(3,16)11-7-5-4-6-8-11;/h4-8,10H,9,16H2,1-3H3,(H,17,20);1H. The van der Waals surface area contributed by atoms with Crippen LogP contribution in [0, 0.1) is 0 Å². The topological polar surface area (TPSA) is 80.9 Å². The molecule has 22 heavy (non-hydrogen) atoms. The van der Waals surface area contributed by atoms with Gasteiger partial charge in [-0.15, -0.1) is 22.6 Å². The number of rotatable bonds is 5. The second-order valence-corrected chi connectivity index (χ2v) is 6.53. The predicted molar refractivity (Wildman–Crippen MR) is 91.1 cm³/mol. The van der Waals surface area contributed by atoms with Crippen molar-refractivity contribution in [1.29, 1.82) is 0 Å². The Kier molecular flexibility index (Phi) is 6.47. The average molecular weight is 341 g/mol. The number of halogens is 1. The van der Waals surface area contributed by atoms with Gasteiger partial charge in [-0.05, 0) is 12.5 Å². The molecule has 2 rings (SSSR count). The third-order valence-electron chi connectivity index (χ3n) is 3.22. The van der Waals surface area contributed by atoms with Gasteiger partial charge in [0.1, 0.15) is 15.6 Å². The largest absolute Gasteiger partial charge is 0.348 e. The fourth-order valence-electron chi connectivity index (χ4n) is 1.83. The Morgan fingerprint density at radius 2 is 1.95 bits per heavy atom. The molecule has 0 bridgehead atoms. The van der Waals surface area contributed by atoms with E-state index in [1.165, 1.54) is 11.3 Å².